The lowest BCUT2D eigenvalue weighted by Gasteiger charge is -2.31. The number of hydrogen-bond acceptors (Lipinski definition) is 2. The first-order chi connectivity index (χ1) is 9.79. The van der Waals surface area contributed by atoms with Gasteiger partial charge in [-0.15, -0.1) is 0 Å². The topological polar surface area (TPSA) is 33.1 Å². The van der Waals surface area contributed by atoms with Gasteiger partial charge in [-0.1, -0.05) is 50.5 Å². The van der Waals surface area contributed by atoms with Crippen molar-refractivity contribution < 1.29 is 5.11 Å². The number of fused-ring (bicyclic) bond motifs is 1. The van der Waals surface area contributed by atoms with Crippen LogP contribution in [0, 0.1) is 11.8 Å². The van der Waals surface area contributed by atoms with E-state index in [9.17, 15) is 5.11 Å². The third-order valence-electron chi connectivity index (χ3n) is 4.93. The Hall–Kier alpha value is -1.41. The highest BCUT2D eigenvalue weighted by molar-refractivity contribution is 5.84. The highest BCUT2D eigenvalue weighted by Crippen LogP contribution is 2.39. The van der Waals surface area contributed by atoms with E-state index in [-0.39, 0.29) is 6.10 Å². The van der Waals surface area contributed by atoms with Crippen molar-refractivity contribution in [3.63, 3.8) is 0 Å². The second kappa shape index (κ2) is 5.92. The second-order valence-electron chi connectivity index (χ2n) is 6.08. The van der Waals surface area contributed by atoms with Crippen LogP contribution < -0.4 is 0 Å². The molecule has 20 heavy (non-hydrogen) atoms. The predicted molar refractivity (Wildman–Crippen MR) is 82.4 cm³/mol. The first-order valence-corrected chi connectivity index (χ1v) is 7.80. The van der Waals surface area contributed by atoms with Crippen LogP contribution in [0.15, 0.2) is 36.7 Å². The van der Waals surface area contributed by atoms with E-state index in [2.05, 4.69) is 24.0 Å². The van der Waals surface area contributed by atoms with Gasteiger partial charge in [-0.3, -0.25) is 4.98 Å². The minimum Gasteiger partial charge on any atom is -0.388 e. The van der Waals surface area contributed by atoms with Gasteiger partial charge >= 0.3 is 0 Å². The first-order valence-electron chi connectivity index (χ1n) is 7.80. The summed E-state index contributed by atoms with van der Waals surface area (Å²) in [6.45, 7) is 2.27. The summed E-state index contributed by atoms with van der Waals surface area (Å²) >= 11 is 0. The molecule has 2 heteroatoms. The Bertz CT molecular complexity index is 567. The molecular formula is C18H23NO. The fourth-order valence-corrected chi connectivity index (χ4v) is 3.54. The van der Waals surface area contributed by atoms with Gasteiger partial charge in [0.05, 0.1) is 6.10 Å². The molecule has 0 radical (unpaired) electrons. The van der Waals surface area contributed by atoms with E-state index in [1.165, 1.54) is 19.3 Å². The molecule has 1 aromatic carbocycles. The largest absolute Gasteiger partial charge is 0.388 e. The summed E-state index contributed by atoms with van der Waals surface area (Å²) in [6.07, 6.45) is 9.43. The van der Waals surface area contributed by atoms with E-state index in [1.807, 2.05) is 24.5 Å². The molecule has 2 nitrogen and oxygen atoms in total. The van der Waals surface area contributed by atoms with E-state index in [0.29, 0.717) is 5.92 Å². The minimum atomic E-state index is -0.369. The molecule has 1 heterocycles. The molecule has 1 atom stereocenters. The molecule has 1 aliphatic carbocycles. The monoisotopic (exact) mass is 269 g/mol. The summed E-state index contributed by atoms with van der Waals surface area (Å²) in [7, 11) is 0. The van der Waals surface area contributed by atoms with Gasteiger partial charge in [-0.05, 0) is 30.1 Å². The lowest BCUT2D eigenvalue weighted by Crippen LogP contribution is -2.20. The summed E-state index contributed by atoms with van der Waals surface area (Å²) in [5.74, 6) is 1.26. The molecule has 0 saturated heterocycles. The highest BCUT2D eigenvalue weighted by atomic mass is 16.3. The molecule has 2 aromatic rings. The Morgan fingerprint density at radius 2 is 1.90 bits per heavy atom. The maximum Gasteiger partial charge on any atom is 0.0839 e. The van der Waals surface area contributed by atoms with Crippen molar-refractivity contribution in [1.82, 2.24) is 4.98 Å². The molecule has 1 fully saturated rings. The molecule has 3 rings (SSSR count). The Morgan fingerprint density at radius 3 is 2.65 bits per heavy atom. The van der Waals surface area contributed by atoms with Crippen molar-refractivity contribution in [2.24, 2.45) is 11.8 Å². The normalized spacial score (nSPS) is 24.7. The molecule has 0 amide bonds. The van der Waals surface area contributed by atoms with E-state index >= 15 is 0 Å². The average molecular weight is 269 g/mol. The van der Waals surface area contributed by atoms with Crippen LogP contribution in [0.25, 0.3) is 10.8 Å². The van der Waals surface area contributed by atoms with E-state index in [4.69, 9.17) is 0 Å². The molecule has 1 N–H and O–H groups in total. The average Bonchev–Trinajstić information content (AvgIpc) is 2.54. The van der Waals surface area contributed by atoms with Crippen molar-refractivity contribution >= 4 is 10.8 Å². The number of nitrogens with zero attached hydrogens (tertiary/aromatic N) is 1. The van der Waals surface area contributed by atoms with Crippen LogP contribution >= 0.6 is 0 Å². The predicted octanol–water partition coefficient (Wildman–Crippen LogP) is 4.48. The fraction of sp³-hybridized carbons (Fsp3) is 0.500. The Kier molecular flexibility index (Phi) is 4.02. The summed E-state index contributed by atoms with van der Waals surface area (Å²) in [6, 6.07) is 8.21. The Balaban J connectivity index is 1.84. The number of aliphatic hydroxyl groups is 1. The van der Waals surface area contributed by atoms with Crippen molar-refractivity contribution in [3.05, 3.63) is 42.2 Å². The van der Waals surface area contributed by atoms with Crippen LogP contribution in [0.4, 0.5) is 0 Å². The van der Waals surface area contributed by atoms with E-state index in [0.717, 1.165) is 35.1 Å². The number of hydrogen-bond donors (Lipinski definition) is 1. The van der Waals surface area contributed by atoms with Crippen LogP contribution in [0.3, 0.4) is 0 Å². The molecule has 0 bridgehead atoms. The van der Waals surface area contributed by atoms with Gasteiger partial charge in [0.15, 0.2) is 0 Å². The van der Waals surface area contributed by atoms with Crippen LogP contribution in [-0.4, -0.2) is 10.1 Å². The van der Waals surface area contributed by atoms with Gasteiger partial charge in [0.1, 0.15) is 0 Å². The zero-order valence-electron chi connectivity index (χ0n) is 12.1. The standard InChI is InChI=1S/C18H23NO/c1-2-13-7-9-14(10-8-13)18(20)17-12-19-11-15-5-3-4-6-16(15)17/h3-6,11-14,18,20H,2,7-10H2,1H3. The maximum atomic E-state index is 10.8. The Morgan fingerprint density at radius 1 is 1.15 bits per heavy atom. The summed E-state index contributed by atoms with van der Waals surface area (Å²) in [5, 5.41) is 13.0. The van der Waals surface area contributed by atoms with Crippen LogP contribution in [0.1, 0.15) is 50.7 Å². The number of aromatic nitrogens is 1. The summed E-state index contributed by atoms with van der Waals surface area (Å²) in [4.78, 5) is 4.30. The van der Waals surface area contributed by atoms with Crippen LogP contribution in [0.2, 0.25) is 0 Å². The molecule has 1 aromatic heterocycles. The van der Waals surface area contributed by atoms with Crippen molar-refractivity contribution in [2.45, 2.75) is 45.1 Å². The molecule has 0 spiro atoms. The van der Waals surface area contributed by atoms with E-state index < -0.39 is 0 Å². The number of pyridine rings is 1. The minimum absolute atomic E-state index is 0.369. The number of aliphatic hydroxyl groups excluding tert-OH is 1. The lowest BCUT2D eigenvalue weighted by atomic mass is 9.77. The van der Waals surface area contributed by atoms with Gasteiger partial charge in [0.25, 0.3) is 0 Å². The third-order valence-corrected chi connectivity index (χ3v) is 4.93. The molecular weight excluding hydrogens is 246 g/mol. The third kappa shape index (κ3) is 2.57. The SMILES string of the molecule is CCC1CCC(C(O)c2cncc3ccccc23)CC1. The fourth-order valence-electron chi connectivity index (χ4n) is 3.54. The van der Waals surface area contributed by atoms with Crippen molar-refractivity contribution in [1.29, 1.82) is 0 Å². The zero-order chi connectivity index (χ0) is 13.9. The first kappa shape index (κ1) is 13.6. The van der Waals surface area contributed by atoms with Gasteiger partial charge in [0.2, 0.25) is 0 Å². The molecule has 1 saturated carbocycles. The zero-order valence-corrected chi connectivity index (χ0v) is 12.1. The van der Waals surface area contributed by atoms with Crippen LogP contribution in [0.5, 0.6) is 0 Å². The second-order valence-corrected chi connectivity index (χ2v) is 6.08. The van der Waals surface area contributed by atoms with Crippen molar-refractivity contribution in [3.8, 4) is 0 Å². The maximum absolute atomic E-state index is 10.8. The quantitative estimate of drug-likeness (QED) is 0.891. The van der Waals surface area contributed by atoms with Crippen molar-refractivity contribution in [2.75, 3.05) is 0 Å². The summed E-state index contributed by atoms with van der Waals surface area (Å²) in [5.41, 5.74) is 1.00. The molecule has 0 aliphatic heterocycles. The van der Waals surface area contributed by atoms with E-state index in [1.54, 1.807) is 0 Å². The smallest absolute Gasteiger partial charge is 0.0839 e. The molecule has 1 aliphatic rings. The summed E-state index contributed by atoms with van der Waals surface area (Å²) < 4.78 is 0. The lowest BCUT2D eigenvalue weighted by molar-refractivity contribution is 0.0738. The number of rotatable bonds is 3. The Labute approximate surface area is 120 Å². The van der Waals surface area contributed by atoms with Crippen LogP contribution in [-0.2, 0) is 0 Å². The molecule has 106 valence electrons. The van der Waals surface area contributed by atoms with Gasteiger partial charge in [-0.2, -0.15) is 0 Å². The van der Waals surface area contributed by atoms with Gasteiger partial charge < -0.3 is 5.11 Å². The molecule has 1 unspecified atom stereocenters. The highest BCUT2D eigenvalue weighted by Gasteiger charge is 2.27. The van der Waals surface area contributed by atoms with Gasteiger partial charge in [0, 0.05) is 23.3 Å². The number of benzene rings is 1. The van der Waals surface area contributed by atoms with Gasteiger partial charge in [-0.25, -0.2) is 0 Å².